The van der Waals surface area contributed by atoms with Crippen LogP contribution >= 0.6 is 0 Å². The monoisotopic (exact) mass is 365 g/mol. The number of morpholine rings is 1. The van der Waals surface area contributed by atoms with Crippen LogP contribution in [0.2, 0.25) is 0 Å². The van der Waals surface area contributed by atoms with Crippen LogP contribution in [0.15, 0.2) is 18.2 Å². The van der Waals surface area contributed by atoms with E-state index in [0.29, 0.717) is 60.3 Å². The molecular formula is C19H19N5O3. The second kappa shape index (κ2) is 7.81. The Bertz CT molecular complexity index is 940. The van der Waals surface area contributed by atoms with E-state index < -0.39 is 0 Å². The minimum atomic E-state index is 0.0859. The third kappa shape index (κ3) is 3.31. The molecule has 1 fully saturated rings. The Balaban J connectivity index is 2.26. The van der Waals surface area contributed by atoms with Crippen molar-refractivity contribution < 1.29 is 14.2 Å². The molecule has 0 saturated carbocycles. The molecule has 8 nitrogen and oxygen atoms in total. The predicted octanol–water partition coefficient (Wildman–Crippen LogP) is 1.93. The Kier molecular flexibility index (Phi) is 5.30. The molecule has 1 aliphatic heterocycles. The number of benzene rings is 1. The summed E-state index contributed by atoms with van der Waals surface area (Å²) < 4.78 is 16.0. The molecule has 0 bridgehead atoms. The largest absolute Gasteiger partial charge is 0.493 e. The van der Waals surface area contributed by atoms with Gasteiger partial charge < -0.3 is 24.8 Å². The van der Waals surface area contributed by atoms with Crippen molar-refractivity contribution in [1.29, 1.82) is 10.5 Å². The first-order valence-corrected chi connectivity index (χ1v) is 8.33. The molecule has 1 aromatic carbocycles. The summed E-state index contributed by atoms with van der Waals surface area (Å²) in [6.07, 6.45) is 0. The molecule has 0 unspecified atom stereocenters. The summed E-state index contributed by atoms with van der Waals surface area (Å²) in [7, 11) is 3.07. The molecule has 0 amide bonds. The highest BCUT2D eigenvalue weighted by Gasteiger charge is 2.25. The fourth-order valence-electron chi connectivity index (χ4n) is 3.09. The Morgan fingerprint density at radius 2 is 1.74 bits per heavy atom. The topological polar surface area (TPSA) is 117 Å². The van der Waals surface area contributed by atoms with Crippen LogP contribution in [0.5, 0.6) is 11.5 Å². The number of ether oxygens (including phenoxy) is 3. The number of nitrogens with two attached hydrogens (primary N) is 1. The van der Waals surface area contributed by atoms with Crippen LogP contribution in [0, 0.1) is 22.7 Å². The molecule has 0 spiro atoms. The van der Waals surface area contributed by atoms with Gasteiger partial charge in [0.25, 0.3) is 0 Å². The number of rotatable bonds is 4. The Labute approximate surface area is 157 Å². The second-order valence-electron chi connectivity index (χ2n) is 5.84. The Morgan fingerprint density at radius 1 is 1.07 bits per heavy atom. The van der Waals surface area contributed by atoms with Crippen LogP contribution in [0.4, 0.5) is 11.6 Å². The Morgan fingerprint density at radius 3 is 2.33 bits per heavy atom. The molecule has 27 heavy (non-hydrogen) atoms. The lowest BCUT2D eigenvalue weighted by atomic mass is 9.95. The smallest absolute Gasteiger partial charge is 0.161 e. The number of pyridine rings is 1. The van der Waals surface area contributed by atoms with Crippen LogP contribution in [0.3, 0.4) is 0 Å². The van der Waals surface area contributed by atoms with Gasteiger partial charge in [0.15, 0.2) is 11.5 Å². The van der Waals surface area contributed by atoms with Crippen LogP contribution in [0.25, 0.3) is 11.1 Å². The van der Waals surface area contributed by atoms with Gasteiger partial charge in [0.2, 0.25) is 0 Å². The highest BCUT2D eigenvalue weighted by molar-refractivity contribution is 5.86. The lowest BCUT2D eigenvalue weighted by molar-refractivity contribution is 0.122. The number of hydrogen-bond donors (Lipinski definition) is 1. The van der Waals surface area contributed by atoms with Gasteiger partial charge in [-0.15, -0.1) is 0 Å². The van der Waals surface area contributed by atoms with Gasteiger partial charge >= 0.3 is 0 Å². The van der Waals surface area contributed by atoms with Gasteiger partial charge in [0.05, 0.1) is 27.4 Å². The van der Waals surface area contributed by atoms with Gasteiger partial charge in [-0.05, 0) is 17.7 Å². The van der Waals surface area contributed by atoms with E-state index in [1.165, 1.54) is 7.11 Å². The number of nitriles is 2. The molecule has 138 valence electrons. The van der Waals surface area contributed by atoms with E-state index in [1.54, 1.807) is 25.3 Å². The fraction of sp³-hybridized carbons (Fsp3) is 0.316. The van der Waals surface area contributed by atoms with Crippen molar-refractivity contribution in [3.63, 3.8) is 0 Å². The molecule has 1 aromatic heterocycles. The number of nitrogen functional groups attached to an aromatic ring is 1. The average Bonchev–Trinajstić information content (AvgIpc) is 2.72. The van der Waals surface area contributed by atoms with E-state index in [2.05, 4.69) is 17.1 Å². The van der Waals surface area contributed by atoms with E-state index >= 15 is 0 Å². The lowest BCUT2D eigenvalue weighted by Crippen LogP contribution is -2.37. The molecule has 2 aromatic rings. The zero-order valence-corrected chi connectivity index (χ0v) is 15.2. The molecule has 0 atom stereocenters. The summed E-state index contributed by atoms with van der Waals surface area (Å²) in [4.78, 5) is 6.30. The SMILES string of the molecule is COc1ccc(-c2c(C#N)c(N)nc(N3CCOCC3)c2C#N)cc1OC. The number of anilines is 2. The van der Waals surface area contributed by atoms with Gasteiger partial charge in [-0.3, -0.25) is 0 Å². The van der Waals surface area contributed by atoms with Crippen LogP contribution in [0.1, 0.15) is 11.1 Å². The first kappa shape index (κ1) is 18.3. The maximum Gasteiger partial charge on any atom is 0.161 e. The maximum atomic E-state index is 9.88. The van der Waals surface area contributed by atoms with E-state index in [1.807, 2.05) is 4.90 Å². The summed E-state index contributed by atoms with van der Waals surface area (Å²) in [5.41, 5.74) is 7.60. The second-order valence-corrected chi connectivity index (χ2v) is 5.84. The molecule has 2 N–H and O–H groups in total. The lowest BCUT2D eigenvalue weighted by Gasteiger charge is -2.29. The van der Waals surface area contributed by atoms with Gasteiger partial charge in [0.1, 0.15) is 34.9 Å². The summed E-state index contributed by atoms with van der Waals surface area (Å²) in [5, 5.41) is 19.5. The van der Waals surface area contributed by atoms with Crippen molar-refractivity contribution in [3.05, 3.63) is 29.3 Å². The van der Waals surface area contributed by atoms with E-state index in [-0.39, 0.29) is 11.4 Å². The third-order valence-electron chi connectivity index (χ3n) is 4.41. The van der Waals surface area contributed by atoms with Gasteiger partial charge in [0, 0.05) is 18.7 Å². The molecule has 2 heterocycles. The zero-order chi connectivity index (χ0) is 19.4. The van der Waals surface area contributed by atoms with Crippen molar-refractivity contribution in [2.24, 2.45) is 0 Å². The molecule has 3 rings (SSSR count). The maximum absolute atomic E-state index is 9.88. The highest BCUT2D eigenvalue weighted by Crippen LogP contribution is 2.39. The van der Waals surface area contributed by atoms with Crippen LogP contribution in [-0.2, 0) is 4.74 Å². The number of methoxy groups -OCH3 is 2. The van der Waals surface area contributed by atoms with Crippen molar-refractivity contribution in [2.45, 2.75) is 0 Å². The van der Waals surface area contributed by atoms with Crippen LogP contribution < -0.4 is 20.1 Å². The van der Waals surface area contributed by atoms with Crippen molar-refractivity contribution in [3.8, 4) is 34.8 Å². The minimum absolute atomic E-state index is 0.0859. The first-order chi connectivity index (χ1) is 13.1. The predicted molar refractivity (Wildman–Crippen MR) is 99.7 cm³/mol. The first-order valence-electron chi connectivity index (χ1n) is 8.33. The third-order valence-corrected chi connectivity index (χ3v) is 4.41. The molecule has 0 radical (unpaired) electrons. The quantitative estimate of drug-likeness (QED) is 0.873. The van der Waals surface area contributed by atoms with Crippen molar-refractivity contribution in [1.82, 2.24) is 4.98 Å². The van der Waals surface area contributed by atoms with Crippen LogP contribution in [-0.4, -0.2) is 45.5 Å². The molecule has 8 heteroatoms. The van der Waals surface area contributed by atoms with E-state index in [4.69, 9.17) is 19.9 Å². The highest BCUT2D eigenvalue weighted by atomic mass is 16.5. The fourth-order valence-corrected chi connectivity index (χ4v) is 3.09. The molecular weight excluding hydrogens is 346 g/mol. The zero-order valence-electron chi connectivity index (χ0n) is 15.2. The molecule has 0 aliphatic carbocycles. The summed E-state index contributed by atoms with van der Waals surface area (Å²) >= 11 is 0. The van der Waals surface area contributed by atoms with Gasteiger partial charge in [-0.25, -0.2) is 4.98 Å². The van der Waals surface area contributed by atoms with Gasteiger partial charge in [-0.2, -0.15) is 10.5 Å². The summed E-state index contributed by atoms with van der Waals surface area (Å²) in [6.45, 7) is 2.27. The number of aromatic nitrogens is 1. The van der Waals surface area contributed by atoms with Crippen molar-refractivity contribution >= 4 is 11.6 Å². The Hall–Kier alpha value is -3.49. The van der Waals surface area contributed by atoms with Crippen molar-refractivity contribution in [2.75, 3.05) is 51.2 Å². The average molecular weight is 365 g/mol. The molecule has 1 aliphatic rings. The van der Waals surface area contributed by atoms with E-state index in [0.717, 1.165) is 0 Å². The van der Waals surface area contributed by atoms with Gasteiger partial charge in [-0.1, -0.05) is 6.07 Å². The normalized spacial score (nSPS) is 13.6. The van der Waals surface area contributed by atoms with E-state index in [9.17, 15) is 10.5 Å². The molecule has 1 saturated heterocycles. The summed E-state index contributed by atoms with van der Waals surface area (Å²) in [5.74, 6) is 1.59. The minimum Gasteiger partial charge on any atom is -0.493 e. The summed E-state index contributed by atoms with van der Waals surface area (Å²) in [6, 6.07) is 9.49. The number of nitrogens with zero attached hydrogens (tertiary/aromatic N) is 4. The standard InChI is InChI=1S/C19H19N5O3/c1-25-15-4-3-12(9-16(15)26-2)17-13(10-20)18(22)23-19(14(17)11-21)24-5-7-27-8-6-24/h3-4,9H,5-8H2,1-2H3,(H2,22,23). The number of hydrogen-bond acceptors (Lipinski definition) is 8.